The van der Waals surface area contributed by atoms with Crippen molar-refractivity contribution in [1.29, 1.82) is 0 Å². The van der Waals surface area contributed by atoms with E-state index in [4.69, 9.17) is 4.74 Å². The first-order chi connectivity index (χ1) is 19.0. The molecule has 0 aliphatic rings. The van der Waals surface area contributed by atoms with E-state index >= 15 is 0 Å². The van der Waals surface area contributed by atoms with Gasteiger partial charge in [0.15, 0.2) is 6.29 Å². The zero-order valence-electron chi connectivity index (χ0n) is 27.2. The number of rotatable bonds is 21. The molecule has 0 aliphatic carbocycles. The highest BCUT2D eigenvalue weighted by Crippen LogP contribution is 2.35. The molecule has 5 unspecified atom stereocenters. The highest BCUT2D eigenvalue weighted by molar-refractivity contribution is 5.26. The van der Waals surface area contributed by atoms with Gasteiger partial charge in [0, 0.05) is 18.4 Å². The van der Waals surface area contributed by atoms with Crippen LogP contribution in [0.4, 0.5) is 0 Å². The lowest BCUT2D eigenvalue weighted by Crippen LogP contribution is -2.50. The second kappa shape index (κ2) is 19.8. The van der Waals surface area contributed by atoms with Crippen LogP contribution >= 0.6 is 0 Å². The van der Waals surface area contributed by atoms with Crippen LogP contribution in [0.1, 0.15) is 88.0 Å². The largest absolute Gasteiger partial charge is 0.396 e. The van der Waals surface area contributed by atoms with E-state index in [9.17, 15) is 30.6 Å². The van der Waals surface area contributed by atoms with Gasteiger partial charge < -0.3 is 35.4 Å². The molecule has 12 atom stereocenters. The second-order valence-corrected chi connectivity index (χ2v) is 12.6. The SMILES string of the molecule is C=C(C)C[C@@H](C)[C@H](C)[C@@H](OC(O)C(O)C(O)C(O)C(C)CO)[C@@H](CC)C[C@@H](C)C(=C)/C=C/C(C)=C/[C@H](C)[C@H](O)CC. The summed E-state index contributed by atoms with van der Waals surface area (Å²) < 4.78 is 6.13. The number of hydrogen-bond donors (Lipinski definition) is 6. The van der Waals surface area contributed by atoms with Crippen molar-refractivity contribution in [2.45, 2.75) is 125 Å². The van der Waals surface area contributed by atoms with Gasteiger partial charge in [0.05, 0.1) is 18.3 Å². The summed E-state index contributed by atoms with van der Waals surface area (Å²) in [5.41, 5.74) is 3.06. The maximum atomic E-state index is 10.9. The molecule has 0 saturated heterocycles. The second-order valence-electron chi connectivity index (χ2n) is 12.6. The summed E-state index contributed by atoms with van der Waals surface area (Å²) in [6, 6.07) is 0. The van der Waals surface area contributed by atoms with Crippen molar-refractivity contribution in [3.8, 4) is 0 Å². The van der Waals surface area contributed by atoms with Gasteiger partial charge in [-0.05, 0) is 56.8 Å². The Morgan fingerprint density at radius 2 is 1.39 bits per heavy atom. The van der Waals surface area contributed by atoms with Crippen LogP contribution in [-0.4, -0.2) is 74.1 Å². The van der Waals surface area contributed by atoms with Crippen molar-refractivity contribution in [1.82, 2.24) is 0 Å². The third-order valence-corrected chi connectivity index (χ3v) is 8.64. The quantitative estimate of drug-likeness (QED) is 0.0626. The van der Waals surface area contributed by atoms with E-state index in [2.05, 4.69) is 46.9 Å². The summed E-state index contributed by atoms with van der Waals surface area (Å²) in [5, 5.41) is 61.6. The zero-order chi connectivity index (χ0) is 32.0. The summed E-state index contributed by atoms with van der Waals surface area (Å²) in [5.74, 6) is -0.323. The fourth-order valence-electron chi connectivity index (χ4n) is 5.27. The molecule has 6 N–H and O–H groups in total. The lowest BCUT2D eigenvalue weighted by Gasteiger charge is -2.39. The summed E-state index contributed by atoms with van der Waals surface area (Å²) in [4.78, 5) is 0. The average molecular weight is 583 g/mol. The molecule has 0 radical (unpaired) electrons. The highest BCUT2D eigenvalue weighted by Gasteiger charge is 2.38. The maximum Gasteiger partial charge on any atom is 0.183 e. The first kappa shape index (κ1) is 39.7. The molecule has 0 saturated carbocycles. The minimum Gasteiger partial charge on any atom is -0.396 e. The van der Waals surface area contributed by atoms with Gasteiger partial charge in [0.25, 0.3) is 0 Å². The molecule has 7 heteroatoms. The number of ether oxygens (including phenoxy) is 1. The van der Waals surface area contributed by atoms with Crippen LogP contribution in [-0.2, 0) is 4.74 Å². The lowest BCUT2D eigenvalue weighted by molar-refractivity contribution is -0.241. The Kier molecular flexibility index (Phi) is 19.2. The van der Waals surface area contributed by atoms with E-state index in [-0.39, 0.29) is 42.3 Å². The predicted octanol–water partition coefficient (Wildman–Crippen LogP) is 5.16. The van der Waals surface area contributed by atoms with E-state index in [0.717, 1.165) is 36.0 Å². The monoisotopic (exact) mass is 582 g/mol. The molecule has 0 aromatic carbocycles. The Bertz CT molecular complexity index is 822. The first-order valence-corrected chi connectivity index (χ1v) is 15.4. The third-order valence-electron chi connectivity index (χ3n) is 8.64. The normalized spacial score (nSPS) is 21.7. The molecule has 0 fully saturated rings. The summed E-state index contributed by atoms with van der Waals surface area (Å²) in [6.07, 6.45) is 1.68. The summed E-state index contributed by atoms with van der Waals surface area (Å²) in [6.45, 7) is 25.8. The van der Waals surface area contributed by atoms with Gasteiger partial charge in [-0.1, -0.05) is 96.4 Å². The minimum atomic E-state index is -1.75. The van der Waals surface area contributed by atoms with E-state index in [0.29, 0.717) is 6.42 Å². The molecule has 0 bridgehead atoms. The van der Waals surface area contributed by atoms with Gasteiger partial charge in [-0.25, -0.2) is 0 Å². The number of hydrogen-bond acceptors (Lipinski definition) is 7. The van der Waals surface area contributed by atoms with Crippen molar-refractivity contribution in [2.75, 3.05) is 6.61 Å². The van der Waals surface area contributed by atoms with Crippen molar-refractivity contribution < 1.29 is 35.4 Å². The molecule has 41 heavy (non-hydrogen) atoms. The van der Waals surface area contributed by atoms with Gasteiger partial charge >= 0.3 is 0 Å². The Balaban J connectivity index is 5.87. The van der Waals surface area contributed by atoms with Crippen molar-refractivity contribution in [2.24, 2.45) is 35.5 Å². The molecular formula is C34H62O7. The van der Waals surface area contributed by atoms with E-state index in [1.807, 2.05) is 39.8 Å². The van der Waals surface area contributed by atoms with E-state index in [1.165, 1.54) is 0 Å². The molecule has 0 amide bonds. The van der Waals surface area contributed by atoms with Gasteiger partial charge in [-0.2, -0.15) is 0 Å². The average Bonchev–Trinajstić information content (AvgIpc) is 2.94. The maximum absolute atomic E-state index is 10.9. The van der Waals surface area contributed by atoms with Gasteiger partial charge in [-0.15, -0.1) is 6.58 Å². The first-order valence-electron chi connectivity index (χ1n) is 15.4. The van der Waals surface area contributed by atoms with Gasteiger partial charge in [-0.3, -0.25) is 0 Å². The minimum absolute atomic E-state index is 0.00867. The van der Waals surface area contributed by atoms with Crippen molar-refractivity contribution >= 4 is 0 Å². The van der Waals surface area contributed by atoms with Crippen LogP contribution in [0.3, 0.4) is 0 Å². The molecular weight excluding hydrogens is 520 g/mol. The summed E-state index contributed by atoms with van der Waals surface area (Å²) in [7, 11) is 0. The topological polar surface area (TPSA) is 131 Å². The summed E-state index contributed by atoms with van der Waals surface area (Å²) >= 11 is 0. The van der Waals surface area contributed by atoms with Crippen LogP contribution in [0.25, 0.3) is 0 Å². The molecule has 0 aromatic rings. The molecule has 0 rings (SSSR count). The Hall–Kier alpha value is -1.32. The fourth-order valence-corrected chi connectivity index (χ4v) is 5.27. The number of allylic oxidation sites excluding steroid dienone is 5. The third kappa shape index (κ3) is 13.7. The number of aliphatic hydroxyl groups excluding tert-OH is 6. The zero-order valence-corrected chi connectivity index (χ0v) is 27.2. The molecule has 0 heterocycles. The Labute approximate surface area is 250 Å². The van der Waals surface area contributed by atoms with Crippen molar-refractivity contribution in [3.63, 3.8) is 0 Å². The van der Waals surface area contributed by atoms with Crippen LogP contribution < -0.4 is 0 Å². The highest BCUT2D eigenvalue weighted by atomic mass is 16.6. The molecule has 0 spiro atoms. The molecule has 0 aromatic heterocycles. The smallest absolute Gasteiger partial charge is 0.183 e. The molecule has 240 valence electrons. The van der Waals surface area contributed by atoms with E-state index < -0.39 is 36.6 Å². The molecule has 0 aliphatic heterocycles. The van der Waals surface area contributed by atoms with Crippen LogP contribution in [0.5, 0.6) is 0 Å². The molecule has 7 nitrogen and oxygen atoms in total. The van der Waals surface area contributed by atoms with E-state index in [1.54, 1.807) is 6.92 Å². The standard InChI is InChI=1S/C34H62O7/c1-12-28(18-23(7)22(6)15-14-21(5)17-25(9)29(36)13-2)33(27(11)24(8)16-20(3)4)41-34(40)32(39)31(38)30(37)26(10)19-35/h14-15,17,23-40H,3,6,12-13,16,18-19H2,1-2,4-5,7-11H3/b15-14+,21-17+/t23-,24-,25+,26?,27+,28+,29-,30?,31?,32?,33-,34?/m1/s1. The van der Waals surface area contributed by atoms with Gasteiger partial charge in [0.1, 0.15) is 12.2 Å². The fraction of sp³-hybridized carbons (Fsp3) is 0.765. The lowest BCUT2D eigenvalue weighted by atomic mass is 9.76. The number of aliphatic hydroxyl groups is 6. The predicted molar refractivity (Wildman–Crippen MR) is 168 cm³/mol. The Morgan fingerprint density at radius 3 is 1.88 bits per heavy atom. The van der Waals surface area contributed by atoms with Crippen LogP contribution in [0, 0.1) is 35.5 Å². The Morgan fingerprint density at radius 1 is 0.805 bits per heavy atom. The van der Waals surface area contributed by atoms with Crippen LogP contribution in [0.15, 0.2) is 48.1 Å². The van der Waals surface area contributed by atoms with Crippen LogP contribution in [0.2, 0.25) is 0 Å². The van der Waals surface area contributed by atoms with Crippen molar-refractivity contribution in [3.05, 3.63) is 48.1 Å². The van der Waals surface area contributed by atoms with Gasteiger partial charge in [0.2, 0.25) is 0 Å².